The number of hydrogen-bond acceptors (Lipinski definition) is 3. The Bertz CT molecular complexity index is 825. The van der Waals surface area contributed by atoms with Gasteiger partial charge in [-0.25, -0.2) is 4.79 Å². The first-order chi connectivity index (χ1) is 11.5. The van der Waals surface area contributed by atoms with Gasteiger partial charge in [0.1, 0.15) is 0 Å². The Kier molecular flexibility index (Phi) is 4.97. The van der Waals surface area contributed by atoms with E-state index in [9.17, 15) is 4.79 Å². The van der Waals surface area contributed by atoms with Gasteiger partial charge in [0.05, 0.1) is 16.3 Å². The molecule has 0 radical (unpaired) electrons. The van der Waals surface area contributed by atoms with Crippen LogP contribution < -0.4 is 0 Å². The maximum Gasteiger partial charge on any atom is 0.367 e. The molecular weight excluding hydrogens is 347 g/mol. The van der Waals surface area contributed by atoms with Crippen LogP contribution in [0.1, 0.15) is 52.6 Å². The van der Waals surface area contributed by atoms with Gasteiger partial charge in [-0.05, 0) is 56.4 Å². The van der Waals surface area contributed by atoms with Gasteiger partial charge in [-0.15, -0.1) is 0 Å². The summed E-state index contributed by atoms with van der Waals surface area (Å²) in [7, 11) is 0. The first-order valence-electron chi connectivity index (χ1n) is 7.95. The molecule has 4 nitrogen and oxygen atoms in total. The number of carbonyl (C=O) groups excluding carboxylic acids is 1. The van der Waals surface area contributed by atoms with Crippen LogP contribution in [0.4, 0.5) is 0 Å². The Labute approximate surface area is 150 Å². The molecule has 0 atom stereocenters. The molecule has 0 fully saturated rings. The molecule has 1 aliphatic carbocycles. The molecule has 1 aromatic carbocycles. The first-order valence-corrected chi connectivity index (χ1v) is 8.70. The molecule has 0 saturated carbocycles. The SMILES string of the molecule is CCc1c(C)[nH]c2c1/C(=N/OC(=O)c1ccc(Cl)cc1Cl)CCC2. The van der Waals surface area contributed by atoms with Gasteiger partial charge in [0.25, 0.3) is 0 Å². The lowest BCUT2D eigenvalue weighted by Crippen LogP contribution is -2.14. The molecule has 1 aliphatic rings. The third-order valence-electron chi connectivity index (χ3n) is 4.27. The number of carbonyl (C=O) groups is 1. The van der Waals surface area contributed by atoms with Crippen molar-refractivity contribution in [2.45, 2.75) is 39.5 Å². The van der Waals surface area contributed by atoms with E-state index in [1.54, 1.807) is 6.07 Å². The number of fused-ring (bicyclic) bond motifs is 1. The Morgan fingerprint density at radius 1 is 1.33 bits per heavy atom. The molecule has 0 spiro atoms. The predicted octanol–water partition coefficient (Wildman–Crippen LogP) is 5.09. The van der Waals surface area contributed by atoms with Crippen molar-refractivity contribution in [3.05, 3.63) is 56.3 Å². The summed E-state index contributed by atoms with van der Waals surface area (Å²) in [6.07, 6.45) is 3.67. The van der Waals surface area contributed by atoms with Crippen LogP contribution in [0.25, 0.3) is 0 Å². The zero-order chi connectivity index (χ0) is 17.3. The molecule has 0 amide bonds. The van der Waals surface area contributed by atoms with Crippen molar-refractivity contribution in [3.8, 4) is 0 Å². The summed E-state index contributed by atoms with van der Waals surface area (Å²) in [5.74, 6) is -0.582. The first kappa shape index (κ1) is 17.1. The van der Waals surface area contributed by atoms with E-state index in [0.717, 1.165) is 42.7 Å². The Morgan fingerprint density at radius 3 is 2.83 bits per heavy atom. The Morgan fingerprint density at radius 2 is 2.12 bits per heavy atom. The fourth-order valence-electron chi connectivity index (χ4n) is 3.16. The van der Waals surface area contributed by atoms with E-state index in [0.29, 0.717) is 5.02 Å². The summed E-state index contributed by atoms with van der Waals surface area (Å²) in [5.41, 5.74) is 5.75. The third kappa shape index (κ3) is 3.21. The van der Waals surface area contributed by atoms with Crippen molar-refractivity contribution in [2.75, 3.05) is 0 Å². The number of oxime groups is 1. The fourth-order valence-corrected chi connectivity index (χ4v) is 3.65. The molecule has 6 heteroatoms. The number of halogens is 2. The van der Waals surface area contributed by atoms with Crippen LogP contribution in [-0.2, 0) is 17.7 Å². The highest BCUT2D eigenvalue weighted by molar-refractivity contribution is 6.36. The maximum atomic E-state index is 12.2. The zero-order valence-electron chi connectivity index (χ0n) is 13.6. The standard InChI is InChI=1S/C18H18Cl2N2O2/c1-3-12-10(2)21-15-5-4-6-16(17(12)15)22-24-18(23)13-8-7-11(19)9-14(13)20/h7-9,21H,3-6H2,1-2H3/b22-16+. The van der Waals surface area contributed by atoms with E-state index < -0.39 is 5.97 Å². The summed E-state index contributed by atoms with van der Waals surface area (Å²) >= 11 is 11.9. The van der Waals surface area contributed by atoms with Gasteiger partial charge in [0, 0.05) is 22.0 Å². The largest absolute Gasteiger partial charge is 0.367 e. The van der Waals surface area contributed by atoms with Gasteiger partial charge in [-0.1, -0.05) is 35.3 Å². The summed E-state index contributed by atoms with van der Waals surface area (Å²) < 4.78 is 0. The van der Waals surface area contributed by atoms with Gasteiger partial charge in [0.2, 0.25) is 0 Å². The molecular formula is C18H18Cl2N2O2. The van der Waals surface area contributed by atoms with Gasteiger partial charge in [-0.3, -0.25) is 0 Å². The molecule has 0 bridgehead atoms. The quantitative estimate of drug-likeness (QED) is 0.608. The number of nitrogens with zero attached hydrogens (tertiary/aromatic N) is 1. The smallest absolute Gasteiger partial charge is 0.362 e. The van der Waals surface area contributed by atoms with Crippen molar-refractivity contribution < 1.29 is 9.63 Å². The molecule has 24 heavy (non-hydrogen) atoms. The van der Waals surface area contributed by atoms with E-state index in [1.807, 2.05) is 0 Å². The van der Waals surface area contributed by atoms with Crippen molar-refractivity contribution in [3.63, 3.8) is 0 Å². The van der Waals surface area contributed by atoms with Crippen LogP contribution >= 0.6 is 23.2 Å². The highest BCUT2D eigenvalue weighted by atomic mass is 35.5. The van der Waals surface area contributed by atoms with Crippen molar-refractivity contribution >= 4 is 34.9 Å². The minimum atomic E-state index is -0.582. The number of nitrogens with one attached hydrogen (secondary N) is 1. The molecule has 0 unspecified atom stereocenters. The van der Waals surface area contributed by atoms with Gasteiger partial charge in [-0.2, -0.15) is 0 Å². The number of aryl methyl sites for hydroxylation is 2. The Balaban J connectivity index is 1.87. The van der Waals surface area contributed by atoms with E-state index in [4.69, 9.17) is 28.0 Å². The number of benzene rings is 1. The number of rotatable bonds is 3. The number of aromatic amines is 1. The lowest BCUT2D eigenvalue weighted by atomic mass is 9.92. The second-order valence-corrected chi connectivity index (χ2v) is 6.67. The minimum absolute atomic E-state index is 0.252. The molecule has 3 rings (SSSR count). The van der Waals surface area contributed by atoms with Crippen molar-refractivity contribution in [1.29, 1.82) is 0 Å². The summed E-state index contributed by atoms with van der Waals surface area (Å²) in [6, 6.07) is 4.65. The summed E-state index contributed by atoms with van der Waals surface area (Å²) in [4.78, 5) is 20.8. The highest BCUT2D eigenvalue weighted by Crippen LogP contribution is 2.28. The molecule has 2 aromatic rings. The predicted molar refractivity (Wildman–Crippen MR) is 96.3 cm³/mol. The van der Waals surface area contributed by atoms with Crippen LogP contribution in [0, 0.1) is 6.92 Å². The minimum Gasteiger partial charge on any atom is -0.362 e. The monoisotopic (exact) mass is 364 g/mol. The maximum absolute atomic E-state index is 12.2. The normalized spacial score (nSPS) is 15.4. The lowest BCUT2D eigenvalue weighted by molar-refractivity contribution is 0.0515. The Hall–Kier alpha value is -1.78. The van der Waals surface area contributed by atoms with Crippen LogP contribution in [0.5, 0.6) is 0 Å². The van der Waals surface area contributed by atoms with E-state index in [2.05, 4.69) is 24.0 Å². The van der Waals surface area contributed by atoms with E-state index >= 15 is 0 Å². The second-order valence-electron chi connectivity index (χ2n) is 5.83. The van der Waals surface area contributed by atoms with Crippen molar-refractivity contribution in [1.82, 2.24) is 4.98 Å². The average molecular weight is 365 g/mol. The third-order valence-corrected chi connectivity index (χ3v) is 4.81. The van der Waals surface area contributed by atoms with Crippen LogP contribution in [-0.4, -0.2) is 16.7 Å². The van der Waals surface area contributed by atoms with E-state index in [-0.39, 0.29) is 10.6 Å². The topological polar surface area (TPSA) is 54.4 Å². The molecule has 126 valence electrons. The lowest BCUT2D eigenvalue weighted by Gasteiger charge is -2.15. The van der Waals surface area contributed by atoms with Gasteiger partial charge < -0.3 is 9.82 Å². The van der Waals surface area contributed by atoms with Gasteiger partial charge in [0.15, 0.2) is 0 Å². The highest BCUT2D eigenvalue weighted by Gasteiger charge is 2.23. The summed E-state index contributed by atoms with van der Waals surface area (Å²) in [6.45, 7) is 4.18. The number of aromatic nitrogens is 1. The molecule has 0 aliphatic heterocycles. The van der Waals surface area contributed by atoms with Crippen molar-refractivity contribution in [2.24, 2.45) is 5.16 Å². The van der Waals surface area contributed by atoms with Crippen LogP contribution in [0.3, 0.4) is 0 Å². The number of hydrogen-bond donors (Lipinski definition) is 1. The van der Waals surface area contributed by atoms with Crippen LogP contribution in [0.2, 0.25) is 10.0 Å². The van der Waals surface area contributed by atoms with Crippen LogP contribution in [0.15, 0.2) is 23.4 Å². The molecule has 1 N–H and O–H groups in total. The van der Waals surface area contributed by atoms with Gasteiger partial charge >= 0.3 is 5.97 Å². The second kappa shape index (κ2) is 6.99. The fraction of sp³-hybridized carbons (Fsp3) is 0.333. The molecule has 0 saturated heterocycles. The average Bonchev–Trinajstić information content (AvgIpc) is 2.88. The summed E-state index contributed by atoms with van der Waals surface area (Å²) in [5, 5.41) is 4.86. The van der Waals surface area contributed by atoms with E-state index in [1.165, 1.54) is 23.4 Å². The molecule has 1 aromatic heterocycles. The zero-order valence-corrected chi connectivity index (χ0v) is 15.1. The molecule has 1 heterocycles. The number of H-pyrrole nitrogens is 1.